The summed E-state index contributed by atoms with van der Waals surface area (Å²) >= 11 is 5.64. The summed E-state index contributed by atoms with van der Waals surface area (Å²) in [6, 6.07) is 0. The van der Waals surface area contributed by atoms with Crippen molar-refractivity contribution < 1.29 is 9.90 Å². The average Bonchev–Trinajstić information content (AvgIpc) is 2.58. The van der Waals surface area contributed by atoms with Gasteiger partial charge in [-0.25, -0.2) is 0 Å². The van der Waals surface area contributed by atoms with Gasteiger partial charge in [-0.2, -0.15) is 5.10 Å². The molecule has 0 saturated heterocycles. The van der Waals surface area contributed by atoms with Crippen molar-refractivity contribution in [1.82, 2.24) is 15.1 Å². The molecule has 1 aromatic heterocycles. The first kappa shape index (κ1) is 11.0. The number of amides is 1. The molecule has 1 amide bonds. The second kappa shape index (κ2) is 5.62. The Hall–Kier alpha value is -1.07. The normalized spacial score (nSPS) is 10.1. The number of hydrogen-bond acceptors (Lipinski definition) is 3. The van der Waals surface area contributed by atoms with Crippen LogP contribution in [0.2, 0.25) is 5.02 Å². The molecule has 1 heterocycles. The first-order chi connectivity index (χ1) is 6.72. The first-order valence-electron chi connectivity index (χ1n) is 4.28. The van der Waals surface area contributed by atoms with Crippen LogP contribution in [0.4, 0.5) is 0 Å². The summed E-state index contributed by atoms with van der Waals surface area (Å²) in [4.78, 5) is 11.1. The van der Waals surface area contributed by atoms with Gasteiger partial charge in [-0.05, 0) is 0 Å². The van der Waals surface area contributed by atoms with E-state index in [2.05, 4.69) is 10.4 Å². The lowest BCUT2D eigenvalue weighted by Gasteiger charge is -2.02. The van der Waals surface area contributed by atoms with Gasteiger partial charge in [0.1, 0.15) is 0 Å². The van der Waals surface area contributed by atoms with Gasteiger partial charge >= 0.3 is 0 Å². The minimum Gasteiger partial charge on any atom is -0.395 e. The van der Waals surface area contributed by atoms with Crippen molar-refractivity contribution in [3.05, 3.63) is 17.4 Å². The Balaban J connectivity index is 2.23. The summed E-state index contributed by atoms with van der Waals surface area (Å²) in [6.07, 6.45) is 3.51. The van der Waals surface area contributed by atoms with Crippen molar-refractivity contribution in [2.45, 2.75) is 13.0 Å². The second-order valence-corrected chi connectivity index (χ2v) is 3.18. The number of aliphatic hydroxyl groups excluding tert-OH is 1. The third-order valence-corrected chi connectivity index (χ3v) is 1.80. The number of rotatable bonds is 5. The van der Waals surface area contributed by atoms with Crippen molar-refractivity contribution in [1.29, 1.82) is 0 Å². The Bertz CT molecular complexity index is 301. The molecule has 0 aliphatic heterocycles. The topological polar surface area (TPSA) is 67.2 Å². The third kappa shape index (κ3) is 3.76. The highest BCUT2D eigenvalue weighted by Crippen LogP contribution is 2.04. The van der Waals surface area contributed by atoms with Gasteiger partial charge in [-0.15, -0.1) is 0 Å². The molecule has 0 fully saturated rings. The summed E-state index contributed by atoms with van der Waals surface area (Å²) in [6.45, 7) is 0.738. The standard InChI is InChI=1S/C8H12ClN3O2/c9-7-5-11-12(6-7)3-1-8(14)10-2-4-13/h5-6,13H,1-4H2,(H,10,14). The van der Waals surface area contributed by atoms with Gasteiger partial charge in [0.05, 0.1) is 17.8 Å². The van der Waals surface area contributed by atoms with E-state index in [0.717, 1.165) is 0 Å². The lowest BCUT2D eigenvalue weighted by molar-refractivity contribution is -0.121. The summed E-state index contributed by atoms with van der Waals surface area (Å²) < 4.78 is 1.60. The molecule has 2 N–H and O–H groups in total. The fourth-order valence-electron chi connectivity index (χ4n) is 0.960. The fraction of sp³-hybridized carbons (Fsp3) is 0.500. The molecule has 0 bridgehead atoms. The fourth-order valence-corrected chi connectivity index (χ4v) is 1.12. The van der Waals surface area contributed by atoms with Crippen LogP contribution in [-0.4, -0.2) is 33.9 Å². The largest absolute Gasteiger partial charge is 0.395 e. The Morgan fingerprint density at radius 2 is 2.50 bits per heavy atom. The molecule has 5 nitrogen and oxygen atoms in total. The zero-order valence-electron chi connectivity index (χ0n) is 7.61. The number of nitrogens with zero attached hydrogens (tertiary/aromatic N) is 2. The van der Waals surface area contributed by atoms with Crippen molar-refractivity contribution in [2.24, 2.45) is 0 Å². The maximum Gasteiger partial charge on any atom is 0.221 e. The number of aryl methyl sites for hydroxylation is 1. The van der Waals surface area contributed by atoms with Gasteiger partial charge in [0.15, 0.2) is 0 Å². The first-order valence-corrected chi connectivity index (χ1v) is 4.65. The second-order valence-electron chi connectivity index (χ2n) is 2.75. The van der Waals surface area contributed by atoms with E-state index in [1.807, 2.05) is 0 Å². The van der Waals surface area contributed by atoms with Crippen LogP contribution in [0.5, 0.6) is 0 Å². The molecule has 0 aliphatic rings. The molecule has 78 valence electrons. The molecular weight excluding hydrogens is 206 g/mol. The Labute approximate surface area is 86.7 Å². The number of carbonyl (C=O) groups excluding carboxylic acids is 1. The molecule has 14 heavy (non-hydrogen) atoms. The molecule has 6 heteroatoms. The monoisotopic (exact) mass is 217 g/mol. The molecule has 1 rings (SSSR count). The van der Waals surface area contributed by atoms with E-state index < -0.39 is 0 Å². The number of aliphatic hydroxyl groups is 1. The van der Waals surface area contributed by atoms with Crippen molar-refractivity contribution in [3.8, 4) is 0 Å². The van der Waals surface area contributed by atoms with E-state index in [1.165, 1.54) is 6.20 Å². The zero-order valence-corrected chi connectivity index (χ0v) is 8.37. The van der Waals surface area contributed by atoms with Gasteiger partial charge in [0.2, 0.25) is 5.91 Å². The van der Waals surface area contributed by atoms with Crippen LogP contribution in [0, 0.1) is 0 Å². The lowest BCUT2D eigenvalue weighted by Crippen LogP contribution is -2.27. The predicted octanol–water partition coefficient (Wildman–Crippen LogP) is 0.0351. The Kier molecular flexibility index (Phi) is 4.42. The van der Waals surface area contributed by atoms with Crippen molar-refractivity contribution in [3.63, 3.8) is 0 Å². The van der Waals surface area contributed by atoms with Gasteiger partial charge in [0, 0.05) is 25.7 Å². The highest BCUT2D eigenvalue weighted by atomic mass is 35.5. The van der Waals surface area contributed by atoms with Crippen LogP contribution in [0.1, 0.15) is 6.42 Å². The molecular formula is C8H12ClN3O2. The van der Waals surface area contributed by atoms with E-state index in [1.54, 1.807) is 10.9 Å². The van der Waals surface area contributed by atoms with Crippen LogP contribution >= 0.6 is 11.6 Å². The quantitative estimate of drug-likeness (QED) is 0.732. The van der Waals surface area contributed by atoms with E-state index in [-0.39, 0.29) is 12.5 Å². The summed E-state index contributed by atoms with van der Waals surface area (Å²) in [5, 5.41) is 15.5. The van der Waals surface area contributed by atoms with Crippen LogP contribution in [-0.2, 0) is 11.3 Å². The molecule has 0 unspecified atom stereocenters. The number of halogens is 1. The van der Waals surface area contributed by atoms with Crippen LogP contribution in [0.15, 0.2) is 12.4 Å². The van der Waals surface area contributed by atoms with E-state index in [4.69, 9.17) is 16.7 Å². The van der Waals surface area contributed by atoms with E-state index in [9.17, 15) is 4.79 Å². The molecule has 0 atom stereocenters. The Morgan fingerprint density at radius 1 is 1.71 bits per heavy atom. The summed E-state index contributed by atoms with van der Waals surface area (Å²) in [5.74, 6) is -0.106. The smallest absolute Gasteiger partial charge is 0.221 e. The maximum absolute atomic E-state index is 11.1. The summed E-state index contributed by atoms with van der Waals surface area (Å²) in [7, 11) is 0. The number of carbonyl (C=O) groups is 1. The van der Waals surface area contributed by atoms with E-state index >= 15 is 0 Å². The maximum atomic E-state index is 11.1. The summed E-state index contributed by atoms with van der Waals surface area (Å²) in [5.41, 5.74) is 0. The number of nitrogens with one attached hydrogen (secondary N) is 1. The lowest BCUT2D eigenvalue weighted by atomic mass is 10.4. The highest BCUT2D eigenvalue weighted by Gasteiger charge is 2.01. The van der Waals surface area contributed by atoms with Crippen LogP contribution in [0.25, 0.3) is 0 Å². The predicted molar refractivity (Wildman–Crippen MR) is 51.9 cm³/mol. The third-order valence-electron chi connectivity index (χ3n) is 1.60. The molecule has 0 spiro atoms. The van der Waals surface area contributed by atoms with Gasteiger partial charge in [-0.1, -0.05) is 11.6 Å². The highest BCUT2D eigenvalue weighted by molar-refractivity contribution is 6.30. The minimum atomic E-state index is -0.106. The van der Waals surface area contributed by atoms with Gasteiger partial charge in [-0.3, -0.25) is 9.48 Å². The van der Waals surface area contributed by atoms with Gasteiger partial charge < -0.3 is 10.4 Å². The van der Waals surface area contributed by atoms with Crippen molar-refractivity contribution >= 4 is 17.5 Å². The average molecular weight is 218 g/mol. The molecule has 0 aliphatic carbocycles. The molecule has 1 aromatic rings. The number of aromatic nitrogens is 2. The van der Waals surface area contributed by atoms with E-state index in [0.29, 0.717) is 24.5 Å². The van der Waals surface area contributed by atoms with Gasteiger partial charge in [0.25, 0.3) is 0 Å². The number of hydrogen-bond donors (Lipinski definition) is 2. The minimum absolute atomic E-state index is 0.0423. The SMILES string of the molecule is O=C(CCn1cc(Cl)cn1)NCCO. The zero-order chi connectivity index (χ0) is 10.4. The molecule has 0 saturated carbocycles. The van der Waals surface area contributed by atoms with Crippen LogP contribution < -0.4 is 5.32 Å². The molecule has 0 aromatic carbocycles. The van der Waals surface area contributed by atoms with Crippen molar-refractivity contribution in [2.75, 3.05) is 13.2 Å². The molecule has 0 radical (unpaired) electrons. The van der Waals surface area contributed by atoms with Crippen LogP contribution in [0.3, 0.4) is 0 Å². The Morgan fingerprint density at radius 3 is 3.07 bits per heavy atom.